The van der Waals surface area contributed by atoms with Crippen LogP contribution in [0.4, 0.5) is 0 Å². The average molecular weight is 310 g/mol. The molecule has 5 nitrogen and oxygen atoms in total. The summed E-state index contributed by atoms with van der Waals surface area (Å²) < 4.78 is 28.7. The fraction of sp³-hybridized carbons (Fsp3) is 0.600. The summed E-state index contributed by atoms with van der Waals surface area (Å²) in [4.78, 5) is 0. The van der Waals surface area contributed by atoms with Crippen LogP contribution in [0.5, 0.6) is 5.75 Å². The molecule has 0 unspecified atom stereocenters. The molecule has 116 valence electrons. The number of aromatic hydroxyl groups is 1. The molecule has 0 atom stereocenters. The summed E-state index contributed by atoms with van der Waals surface area (Å²) in [6.07, 6.45) is 4.84. The van der Waals surface area contributed by atoms with E-state index in [2.05, 4.69) is 0 Å². The largest absolute Gasteiger partial charge is 0.508 e. The van der Waals surface area contributed by atoms with Crippen LogP contribution in [0.2, 0.25) is 0 Å². The Morgan fingerprint density at radius 3 is 2.33 bits per heavy atom. The Bertz CT molecular complexity index is 607. The van der Waals surface area contributed by atoms with E-state index < -0.39 is 10.2 Å². The first-order valence-electron chi connectivity index (χ1n) is 7.63. The van der Waals surface area contributed by atoms with Crippen molar-refractivity contribution in [1.82, 2.24) is 8.61 Å². The minimum atomic E-state index is -3.38. The van der Waals surface area contributed by atoms with Crippen LogP contribution in [0, 0.1) is 0 Å². The second-order valence-corrected chi connectivity index (χ2v) is 7.79. The molecule has 0 radical (unpaired) electrons. The van der Waals surface area contributed by atoms with Crippen LogP contribution in [0.15, 0.2) is 18.2 Å². The molecule has 0 bridgehead atoms. The van der Waals surface area contributed by atoms with Gasteiger partial charge in [0.2, 0.25) is 0 Å². The Labute approximate surface area is 126 Å². The minimum absolute atomic E-state index is 0.197. The van der Waals surface area contributed by atoms with E-state index >= 15 is 0 Å². The van der Waals surface area contributed by atoms with Crippen LogP contribution < -0.4 is 0 Å². The molecule has 0 aliphatic carbocycles. The van der Waals surface area contributed by atoms with E-state index in [4.69, 9.17) is 0 Å². The molecule has 6 heteroatoms. The molecule has 2 aliphatic rings. The Hall–Kier alpha value is -1.11. The van der Waals surface area contributed by atoms with Gasteiger partial charge in [0.05, 0.1) is 0 Å². The average Bonchev–Trinajstić information content (AvgIpc) is 2.76. The van der Waals surface area contributed by atoms with Gasteiger partial charge < -0.3 is 5.11 Å². The molecule has 1 fully saturated rings. The molecule has 21 heavy (non-hydrogen) atoms. The number of phenols is 1. The van der Waals surface area contributed by atoms with Gasteiger partial charge in [0.1, 0.15) is 5.75 Å². The molecule has 2 heterocycles. The summed E-state index contributed by atoms with van der Waals surface area (Å²) in [5.41, 5.74) is 2.05. The Morgan fingerprint density at radius 2 is 1.62 bits per heavy atom. The number of benzene rings is 1. The van der Waals surface area contributed by atoms with Crippen molar-refractivity contribution in [3.8, 4) is 5.75 Å². The molecule has 0 saturated carbocycles. The van der Waals surface area contributed by atoms with Crippen molar-refractivity contribution >= 4 is 10.2 Å². The van der Waals surface area contributed by atoms with Crippen LogP contribution >= 0.6 is 0 Å². The van der Waals surface area contributed by atoms with Gasteiger partial charge in [-0.1, -0.05) is 18.9 Å². The van der Waals surface area contributed by atoms with Crippen molar-refractivity contribution in [2.45, 2.75) is 38.6 Å². The normalized spacial score (nSPS) is 21.7. The Kier molecular flexibility index (Phi) is 4.19. The molecular weight excluding hydrogens is 288 g/mol. The maximum Gasteiger partial charge on any atom is 0.282 e. The fourth-order valence-corrected chi connectivity index (χ4v) is 4.82. The Balaban J connectivity index is 1.80. The van der Waals surface area contributed by atoms with E-state index in [-0.39, 0.29) is 5.75 Å². The SMILES string of the molecule is O=S(=O)(N1CCCCCC1)N1CCc2ccc(O)cc2C1. The van der Waals surface area contributed by atoms with Crippen LogP contribution in [0.1, 0.15) is 36.8 Å². The lowest BCUT2D eigenvalue weighted by Gasteiger charge is -2.32. The highest BCUT2D eigenvalue weighted by Crippen LogP contribution is 2.26. The van der Waals surface area contributed by atoms with E-state index in [1.165, 1.54) is 0 Å². The van der Waals surface area contributed by atoms with E-state index in [1.807, 2.05) is 6.07 Å². The zero-order valence-corrected chi connectivity index (χ0v) is 13.0. The van der Waals surface area contributed by atoms with Gasteiger partial charge in [-0.2, -0.15) is 17.0 Å². The molecule has 1 N–H and O–H groups in total. The maximum absolute atomic E-state index is 12.8. The number of nitrogens with zero attached hydrogens (tertiary/aromatic N) is 2. The summed E-state index contributed by atoms with van der Waals surface area (Å²) >= 11 is 0. The third-order valence-corrected chi connectivity index (χ3v) is 6.37. The molecule has 1 aromatic rings. The highest BCUT2D eigenvalue weighted by molar-refractivity contribution is 7.86. The lowest BCUT2D eigenvalue weighted by molar-refractivity contribution is 0.327. The van der Waals surface area contributed by atoms with E-state index in [0.29, 0.717) is 32.6 Å². The van der Waals surface area contributed by atoms with Gasteiger partial charge in [0, 0.05) is 26.2 Å². The summed E-state index contributed by atoms with van der Waals surface area (Å²) in [6, 6.07) is 5.23. The monoisotopic (exact) mass is 310 g/mol. The van der Waals surface area contributed by atoms with Gasteiger partial charge in [-0.05, 0) is 42.5 Å². The van der Waals surface area contributed by atoms with Crippen molar-refractivity contribution in [3.05, 3.63) is 29.3 Å². The third-order valence-electron chi connectivity index (χ3n) is 4.38. The van der Waals surface area contributed by atoms with Crippen molar-refractivity contribution in [3.63, 3.8) is 0 Å². The summed E-state index contributed by atoms with van der Waals surface area (Å²) in [5, 5.41) is 9.58. The molecule has 1 saturated heterocycles. The number of hydrogen-bond acceptors (Lipinski definition) is 3. The van der Waals surface area contributed by atoms with Crippen LogP contribution in [-0.4, -0.2) is 41.8 Å². The zero-order chi connectivity index (χ0) is 14.9. The zero-order valence-electron chi connectivity index (χ0n) is 12.2. The molecule has 0 aromatic heterocycles. The van der Waals surface area contributed by atoms with Crippen molar-refractivity contribution in [2.75, 3.05) is 19.6 Å². The Morgan fingerprint density at radius 1 is 0.905 bits per heavy atom. The first-order chi connectivity index (χ1) is 10.1. The lowest BCUT2D eigenvalue weighted by atomic mass is 10.0. The standard InChI is InChI=1S/C15H22N2O3S/c18-15-6-5-13-7-10-17(12-14(13)11-15)21(19,20)16-8-3-1-2-4-9-16/h5-6,11,18H,1-4,7-10,12H2. The van der Waals surface area contributed by atoms with E-state index in [9.17, 15) is 13.5 Å². The number of rotatable bonds is 2. The minimum Gasteiger partial charge on any atom is -0.508 e. The number of phenolic OH excluding ortho intramolecular Hbond substituents is 1. The van der Waals surface area contributed by atoms with Gasteiger partial charge in [-0.15, -0.1) is 0 Å². The first kappa shape index (κ1) is 14.8. The van der Waals surface area contributed by atoms with Gasteiger partial charge >= 0.3 is 0 Å². The van der Waals surface area contributed by atoms with Crippen molar-refractivity contribution in [1.29, 1.82) is 0 Å². The van der Waals surface area contributed by atoms with Crippen LogP contribution in [0.3, 0.4) is 0 Å². The smallest absolute Gasteiger partial charge is 0.282 e. The fourth-order valence-electron chi connectivity index (χ4n) is 3.15. The summed E-state index contributed by atoms with van der Waals surface area (Å²) in [5.74, 6) is 0.197. The van der Waals surface area contributed by atoms with Crippen LogP contribution in [-0.2, 0) is 23.2 Å². The molecule has 0 amide bonds. The highest BCUT2D eigenvalue weighted by atomic mass is 32.2. The molecule has 0 spiro atoms. The van der Waals surface area contributed by atoms with Gasteiger partial charge in [0.15, 0.2) is 0 Å². The van der Waals surface area contributed by atoms with Crippen molar-refractivity contribution < 1.29 is 13.5 Å². The van der Waals surface area contributed by atoms with E-state index in [0.717, 1.165) is 36.8 Å². The third kappa shape index (κ3) is 3.07. The topological polar surface area (TPSA) is 60.9 Å². The predicted molar refractivity (Wildman–Crippen MR) is 81.2 cm³/mol. The molecule has 2 aliphatic heterocycles. The summed E-state index contributed by atoms with van der Waals surface area (Å²) in [6.45, 7) is 2.15. The van der Waals surface area contributed by atoms with Gasteiger partial charge in [0.25, 0.3) is 10.2 Å². The second-order valence-electron chi connectivity index (χ2n) is 5.86. The quantitative estimate of drug-likeness (QED) is 0.907. The van der Waals surface area contributed by atoms with Crippen molar-refractivity contribution in [2.24, 2.45) is 0 Å². The molecular formula is C15H22N2O3S. The van der Waals surface area contributed by atoms with E-state index in [1.54, 1.807) is 20.7 Å². The lowest BCUT2D eigenvalue weighted by Crippen LogP contribution is -2.46. The van der Waals surface area contributed by atoms with Gasteiger partial charge in [-0.3, -0.25) is 0 Å². The summed E-state index contributed by atoms with van der Waals surface area (Å²) in [7, 11) is -3.38. The highest BCUT2D eigenvalue weighted by Gasteiger charge is 2.32. The maximum atomic E-state index is 12.8. The second kappa shape index (κ2) is 5.94. The first-order valence-corrected chi connectivity index (χ1v) is 9.03. The molecule has 3 rings (SSSR count). The van der Waals surface area contributed by atoms with Crippen LogP contribution in [0.25, 0.3) is 0 Å². The molecule has 1 aromatic carbocycles. The number of fused-ring (bicyclic) bond motifs is 1. The number of hydrogen-bond donors (Lipinski definition) is 1. The van der Waals surface area contributed by atoms with Gasteiger partial charge in [-0.25, -0.2) is 0 Å². The predicted octanol–water partition coefficient (Wildman–Crippen LogP) is 1.87.